The summed E-state index contributed by atoms with van der Waals surface area (Å²) in [4.78, 5) is 10.9. The molecule has 0 aromatic carbocycles. The zero-order valence-electron chi connectivity index (χ0n) is 11.1. The molecule has 1 heterocycles. The predicted molar refractivity (Wildman–Crippen MR) is 78.8 cm³/mol. The van der Waals surface area contributed by atoms with Gasteiger partial charge in [0.1, 0.15) is 0 Å². The summed E-state index contributed by atoms with van der Waals surface area (Å²) in [5, 5.41) is 14.6. The fourth-order valence-electron chi connectivity index (χ4n) is 2.63. The van der Waals surface area contributed by atoms with Gasteiger partial charge in [0, 0.05) is 6.04 Å². The van der Waals surface area contributed by atoms with E-state index in [0.717, 1.165) is 36.6 Å². The maximum Gasteiger partial charge on any atom is 0.306 e. The summed E-state index contributed by atoms with van der Waals surface area (Å²) in [5.74, 6) is -0.149. The fraction of sp³-hybridized carbons (Fsp3) is 0.643. The van der Waals surface area contributed by atoms with Crippen LogP contribution in [0.1, 0.15) is 44.2 Å². The van der Waals surface area contributed by atoms with E-state index in [-0.39, 0.29) is 5.92 Å². The third-order valence-corrected chi connectivity index (χ3v) is 5.11. The lowest BCUT2D eigenvalue weighted by molar-refractivity contribution is -0.143. The average Bonchev–Trinajstić information content (AvgIpc) is 2.83. The third-order valence-electron chi connectivity index (χ3n) is 4.00. The predicted octanol–water partition coefficient (Wildman–Crippen LogP) is 3.94. The molecule has 1 aromatic rings. The number of hydrogen-bond acceptors (Lipinski definition) is 3. The van der Waals surface area contributed by atoms with Crippen LogP contribution in [0, 0.1) is 11.8 Å². The van der Waals surface area contributed by atoms with Crippen LogP contribution in [-0.4, -0.2) is 17.6 Å². The molecular weight excluding hydrogens is 282 g/mol. The molecule has 0 radical (unpaired) electrons. The summed E-state index contributed by atoms with van der Waals surface area (Å²) in [6.45, 7) is 3.10. The number of thiophene rings is 1. The highest BCUT2D eigenvalue weighted by Crippen LogP contribution is 2.29. The quantitative estimate of drug-likeness (QED) is 0.866. The van der Waals surface area contributed by atoms with Crippen LogP contribution < -0.4 is 5.32 Å². The summed E-state index contributed by atoms with van der Waals surface area (Å²) in [6, 6.07) is 2.31. The maximum atomic E-state index is 10.9. The fourth-order valence-corrected chi connectivity index (χ4v) is 3.61. The number of carboxylic acid groups (broad SMARTS) is 1. The number of hydrogen-bond donors (Lipinski definition) is 2. The van der Waals surface area contributed by atoms with Crippen molar-refractivity contribution >= 4 is 28.9 Å². The van der Waals surface area contributed by atoms with Crippen LogP contribution in [0.4, 0.5) is 0 Å². The van der Waals surface area contributed by atoms with Crippen molar-refractivity contribution in [1.82, 2.24) is 5.32 Å². The third kappa shape index (κ3) is 4.20. The molecule has 1 saturated carbocycles. The summed E-state index contributed by atoms with van der Waals surface area (Å²) >= 11 is 7.49. The molecule has 2 N–H and O–H groups in total. The number of nitrogens with one attached hydrogen (secondary N) is 1. The number of halogens is 1. The van der Waals surface area contributed by atoms with Gasteiger partial charge in [0.25, 0.3) is 0 Å². The first-order chi connectivity index (χ1) is 9.06. The molecule has 1 aromatic heterocycles. The van der Waals surface area contributed by atoms with Gasteiger partial charge in [-0.25, -0.2) is 0 Å². The first kappa shape index (κ1) is 14.8. The number of carbonyl (C=O) groups is 1. The van der Waals surface area contributed by atoms with Gasteiger partial charge in [-0.3, -0.25) is 4.79 Å². The highest BCUT2D eigenvalue weighted by Gasteiger charge is 2.25. The minimum absolute atomic E-state index is 0.121. The standard InChI is InChI=1S/C14H20ClNO2S/c1-9(12-6-13(15)19-8-12)16-7-10-2-4-11(5-3-10)14(17)18/h6,8-11,16H,2-5,7H2,1H3,(H,17,18). The van der Waals surface area contributed by atoms with E-state index in [1.165, 1.54) is 5.56 Å². The van der Waals surface area contributed by atoms with Gasteiger partial charge in [-0.15, -0.1) is 11.3 Å². The Morgan fingerprint density at radius 2 is 2.21 bits per heavy atom. The molecule has 1 fully saturated rings. The van der Waals surface area contributed by atoms with Crippen molar-refractivity contribution < 1.29 is 9.90 Å². The molecule has 1 atom stereocenters. The second kappa shape index (κ2) is 6.73. The Hall–Kier alpha value is -0.580. The van der Waals surface area contributed by atoms with Crippen molar-refractivity contribution in [3.63, 3.8) is 0 Å². The molecule has 0 saturated heterocycles. The van der Waals surface area contributed by atoms with Gasteiger partial charge in [-0.2, -0.15) is 0 Å². The van der Waals surface area contributed by atoms with Crippen LogP contribution in [0.2, 0.25) is 4.34 Å². The van der Waals surface area contributed by atoms with Crippen molar-refractivity contribution in [3.05, 3.63) is 21.3 Å². The van der Waals surface area contributed by atoms with Crippen LogP contribution in [0.3, 0.4) is 0 Å². The van der Waals surface area contributed by atoms with E-state index in [1.54, 1.807) is 11.3 Å². The molecule has 0 aliphatic heterocycles. The first-order valence-corrected chi connectivity index (χ1v) is 8.02. The zero-order chi connectivity index (χ0) is 13.8. The summed E-state index contributed by atoms with van der Waals surface area (Å²) < 4.78 is 0.825. The van der Waals surface area contributed by atoms with E-state index in [1.807, 2.05) is 6.07 Å². The number of rotatable bonds is 5. The number of carboxylic acids is 1. The van der Waals surface area contributed by atoms with E-state index in [4.69, 9.17) is 16.7 Å². The van der Waals surface area contributed by atoms with Gasteiger partial charge in [0.15, 0.2) is 0 Å². The Bertz CT molecular complexity index is 427. The van der Waals surface area contributed by atoms with E-state index in [0.29, 0.717) is 12.0 Å². The van der Waals surface area contributed by atoms with Gasteiger partial charge in [0.2, 0.25) is 0 Å². The lowest BCUT2D eigenvalue weighted by Gasteiger charge is -2.27. The smallest absolute Gasteiger partial charge is 0.306 e. The summed E-state index contributed by atoms with van der Waals surface area (Å²) in [7, 11) is 0. The normalized spacial score (nSPS) is 25.2. The monoisotopic (exact) mass is 301 g/mol. The second-order valence-electron chi connectivity index (χ2n) is 5.37. The molecule has 5 heteroatoms. The zero-order valence-corrected chi connectivity index (χ0v) is 12.6. The van der Waals surface area contributed by atoms with Crippen LogP contribution >= 0.6 is 22.9 Å². The molecule has 3 nitrogen and oxygen atoms in total. The Balaban J connectivity index is 1.73. The molecular formula is C14H20ClNO2S. The van der Waals surface area contributed by atoms with Crippen molar-refractivity contribution in [2.24, 2.45) is 11.8 Å². The molecule has 2 rings (SSSR count). The van der Waals surface area contributed by atoms with Gasteiger partial charge in [-0.05, 0) is 62.1 Å². The van der Waals surface area contributed by atoms with Crippen molar-refractivity contribution in [3.8, 4) is 0 Å². The molecule has 106 valence electrons. The second-order valence-corrected chi connectivity index (χ2v) is 6.91. The first-order valence-electron chi connectivity index (χ1n) is 6.76. The summed E-state index contributed by atoms with van der Waals surface area (Å²) in [6.07, 6.45) is 3.67. The minimum Gasteiger partial charge on any atom is -0.481 e. The van der Waals surface area contributed by atoms with E-state index in [9.17, 15) is 4.79 Å². The van der Waals surface area contributed by atoms with Gasteiger partial charge in [0.05, 0.1) is 10.3 Å². The maximum absolute atomic E-state index is 10.9. The van der Waals surface area contributed by atoms with Crippen molar-refractivity contribution in [2.75, 3.05) is 6.54 Å². The van der Waals surface area contributed by atoms with Crippen LogP contribution in [-0.2, 0) is 4.79 Å². The molecule has 0 bridgehead atoms. The Morgan fingerprint density at radius 1 is 1.53 bits per heavy atom. The molecule has 0 spiro atoms. The molecule has 0 amide bonds. The van der Waals surface area contributed by atoms with Gasteiger partial charge in [-0.1, -0.05) is 11.6 Å². The lowest BCUT2D eigenvalue weighted by atomic mass is 9.82. The molecule has 1 aliphatic carbocycles. The topological polar surface area (TPSA) is 49.3 Å². The highest BCUT2D eigenvalue weighted by atomic mass is 35.5. The van der Waals surface area contributed by atoms with E-state index >= 15 is 0 Å². The SMILES string of the molecule is CC(NCC1CCC(C(=O)O)CC1)c1csc(Cl)c1. The van der Waals surface area contributed by atoms with Crippen LogP contribution in [0.5, 0.6) is 0 Å². The molecule has 19 heavy (non-hydrogen) atoms. The molecule has 1 aliphatic rings. The summed E-state index contributed by atoms with van der Waals surface area (Å²) in [5.41, 5.74) is 1.23. The van der Waals surface area contributed by atoms with E-state index in [2.05, 4.69) is 17.6 Å². The average molecular weight is 302 g/mol. The van der Waals surface area contributed by atoms with Gasteiger partial charge < -0.3 is 10.4 Å². The van der Waals surface area contributed by atoms with E-state index < -0.39 is 5.97 Å². The lowest BCUT2D eigenvalue weighted by Crippen LogP contribution is -2.30. The van der Waals surface area contributed by atoms with Crippen molar-refractivity contribution in [1.29, 1.82) is 0 Å². The largest absolute Gasteiger partial charge is 0.481 e. The van der Waals surface area contributed by atoms with Crippen LogP contribution in [0.15, 0.2) is 11.4 Å². The Kier molecular flexibility index (Phi) is 5.25. The Morgan fingerprint density at radius 3 is 2.74 bits per heavy atom. The van der Waals surface area contributed by atoms with Crippen LogP contribution in [0.25, 0.3) is 0 Å². The minimum atomic E-state index is -0.632. The number of aliphatic carboxylic acids is 1. The molecule has 1 unspecified atom stereocenters. The highest BCUT2D eigenvalue weighted by molar-refractivity contribution is 7.14. The Labute approximate surface area is 123 Å². The van der Waals surface area contributed by atoms with Gasteiger partial charge >= 0.3 is 5.97 Å². The van der Waals surface area contributed by atoms with Crippen molar-refractivity contribution in [2.45, 2.75) is 38.6 Å².